The smallest absolute Gasteiger partial charge is 0.260 e. The van der Waals surface area contributed by atoms with Gasteiger partial charge < -0.3 is 10.3 Å². The zero-order valence-electron chi connectivity index (χ0n) is 10.1. The second kappa shape index (κ2) is 4.08. The molecule has 0 aromatic carbocycles. The summed E-state index contributed by atoms with van der Waals surface area (Å²) in [5.74, 6) is 0.700. The Labute approximate surface area is 101 Å². The van der Waals surface area contributed by atoms with E-state index < -0.39 is 15.6 Å². The van der Waals surface area contributed by atoms with Crippen LogP contribution >= 0.6 is 0 Å². The standard InChI is InChI=1S/C10H18N4O2S/c1-3-14-6-9(12-8(14)2)17(15,16)13-10(7-11)4-5-10/h6,13H,3-5,7,11H2,1-2H3. The molecule has 1 fully saturated rings. The Hall–Kier alpha value is -0.920. The van der Waals surface area contributed by atoms with Crippen LogP contribution in [0.2, 0.25) is 0 Å². The van der Waals surface area contributed by atoms with Gasteiger partial charge in [0.05, 0.1) is 0 Å². The number of sulfonamides is 1. The highest BCUT2D eigenvalue weighted by molar-refractivity contribution is 7.89. The topological polar surface area (TPSA) is 90.0 Å². The Morgan fingerprint density at radius 2 is 2.24 bits per heavy atom. The Kier molecular flexibility index (Phi) is 3.01. The van der Waals surface area contributed by atoms with E-state index in [2.05, 4.69) is 9.71 Å². The highest BCUT2D eigenvalue weighted by Crippen LogP contribution is 2.35. The minimum atomic E-state index is -3.54. The summed E-state index contributed by atoms with van der Waals surface area (Å²) in [6, 6.07) is 0. The lowest BCUT2D eigenvalue weighted by Crippen LogP contribution is -2.42. The Morgan fingerprint density at radius 3 is 2.65 bits per heavy atom. The molecule has 17 heavy (non-hydrogen) atoms. The molecule has 96 valence electrons. The normalized spacial score (nSPS) is 18.3. The predicted octanol–water partition coefficient (Wildman–Crippen LogP) is -0.0190. The summed E-state index contributed by atoms with van der Waals surface area (Å²) in [5, 5.41) is 0.0802. The van der Waals surface area contributed by atoms with Gasteiger partial charge in [0.2, 0.25) is 0 Å². The molecule has 0 unspecified atom stereocenters. The molecule has 0 saturated heterocycles. The monoisotopic (exact) mass is 258 g/mol. The van der Waals surface area contributed by atoms with Crippen molar-refractivity contribution in [3.8, 4) is 0 Å². The average molecular weight is 258 g/mol. The summed E-state index contributed by atoms with van der Waals surface area (Å²) in [7, 11) is -3.54. The second-order valence-corrected chi connectivity index (χ2v) is 6.13. The summed E-state index contributed by atoms with van der Waals surface area (Å²) < 4.78 is 28.6. The largest absolute Gasteiger partial charge is 0.334 e. The SMILES string of the molecule is CCn1cc(S(=O)(=O)NC2(CN)CC2)nc1C. The van der Waals surface area contributed by atoms with E-state index in [0.717, 1.165) is 12.8 Å². The van der Waals surface area contributed by atoms with E-state index in [0.29, 0.717) is 18.9 Å². The van der Waals surface area contributed by atoms with Gasteiger partial charge in [-0.1, -0.05) is 0 Å². The van der Waals surface area contributed by atoms with Gasteiger partial charge in [0.1, 0.15) is 5.82 Å². The van der Waals surface area contributed by atoms with Crippen molar-refractivity contribution in [1.29, 1.82) is 0 Å². The lowest BCUT2D eigenvalue weighted by atomic mass is 10.3. The van der Waals surface area contributed by atoms with Crippen molar-refractivity contribution in [3.63, 3.8) is 0 Å². The van der Waals surface area contributed by atoms with E-state index in [1.165, 1.54) is 0 Å². The molecule has 0 atom stereocenters. The fraction of sp³-hybridized carbons (Fsp3) is 0.700. The number of hydrogen-bond donors (Lipinski definition) is 2. The fourth-order valence-corrected chi connectivity index (χ4v) is 3.25. The lowest BCUT2D eigenvalue weighted by molar-refractivity contribution is 0.542. The molecule has 7 heteroatoms. The van der Waals surface area contributed by atoms with E-state index in [9.17, 15) is 8.42 Å². The van der Waals surface area contributed by atoms with E-state index in [4.69, 9.17) is 5.73 Å². The van der Waals surface area contributed by atoms with Crippen LogP contribution in [0.15, 0.2) is 11.2 Å². The summed E-state index contributed by atoms with van der Waals surface area (Å²) in [6.45, 7) is 4.77. The van der Waals surface area contributed by atoms with Gasteiger partial charge in [-0.3, -0.25) is 0 Å². The first-order valence-corrected chi connectivity index (χ1v) is 7.18. The first-order chi connectivity index (χ1) is 7.92. The maximum Gasteiger partial charge on any atom is 0.260 e. The highest BCUT2D eigenvalue weighted by Gasteiger charge is 2.45. The van der Waals surface area contributed by atoms with Gasteiger partial charge in [-0.05, 0) is 26.7 Å². The first-order valence-electron chi connectivity index (χ1n) is 5.70. The summed E-state index contributed by atoms with van der Waals surface area (Å²) in [6.07, 6.45) is 3.16. The average Bonchev–Trinajstić information content (AvgIpc) is 2.92. The van der Waals surface area contributed by atoms with Gasteiger partial charge in [-0.2, -0.15) is 0 Å². The summed E-state index contributed by atoms with van der Waals surface area (Å²) in [5.41, 5.74) is 5.13. The lowest BCUT2D eigenvalue weighted by Gasteiger charge is -2.13. The van der Waals surface area contributed by atoms with Crippen molar-refractivity contribution >= 4 is 10.0 Å². The fourth-order valence-electron chi connectivity index (χ4n) is 1.76. The molecule has 0 aliphatic heterocycles. The number of rotatable bonds is 5. The van der Waals surface area contributed by atoms with Crippen molar-refractivity contribution in [2.24, 2.45) is 5.73 Å². The third kappa shape index (κ3) is 2.36. The third-order valence-corrected chi connectivity index (χ3v) is 4.61. The Balaban J connectivity index is 2.25. The maximum absolute atomic E-state index is 12.1. The van der Waals surface area contributed by atoms with Gasteiger partial charge in [-0.25, -0.2) is 18.1 Å². The molecule has 1 aromatic heterocycles. The number of hydrogen-bond acceptors (Lipinski definition) is 4. The zero-order chi connectivity index (χ0) is 12.7. The van der Waals surface area contributed by atoms with Crippen LogP contribution in [0.3, 0.4) is 0 Å². The molecule has 3 N–H and O–H groups in total. The van der Waals surface area contributed by atoms with Crippen LogP contribution in [0.1, 0.15) is 25.6 Å². The molecule has 0 spiro atoms. The minimum Gasteiger partial charge on any atom is -0.334 e. The molecule has 1 heterocycles. The molecule has 1 saturated carbocycles. The number of imidazole rings is 1. The van der Waals surface area contributed by atoms with Crippen molar-refractivity contribution in [2.45, 2.75) is 43.8 Å². The van der Waals surface area contributed by atoms with Crippen molar-refractivity contribution in [2.75, 3.05) is 6.54 Å². The zero-order valence-corrected chi connectivity index (χ0v) is 10.9. The molecule has 0 bridgehead atoms. The van der Waals surface area contributed by atoms with Crippen LogP contribution in [0.5, 0.6) is 0 Å². The molecular weight excluding hydrogens is 240 g/mol. The Bertz CT molecular complexity index is 516. The van der Waals surface area contributed by atoms with Crippen LogP contribution in [0.25, 0.3) is 0 Å². The van der Waals surface area contributed by atoms with E-state index >= 15 is 0 Å². The van der Waals surface area contributed by atoms with Crippen LogP contribution in [-0.2, 0) is 16.6 Å². The van der Waals surface area contributed by atoms with E-state index in [1.807, 2.05) is 6.92 Å². The van der Waals surface area contributed by atoms with Gasteiger partial charge >= 0.3 is 0 Å². The quantitative estimate of drug-likeness (QED) is 0.776. The Morgan fingerprint density at radius 1 is 1.59 bits per heavy atom. The molecule has 0 radical (unpaired) electrons. The molecule has 6 nitrogen and oxygen atoms in total. The number of nitrogens with two attached hydrogens (primary N) is 1. The summed E-state index contributed by atoms with van der Waals surface area (Å²) >= 11 is 0. The second-order valence-electron chi connectivity index (χ2n) is 4.50. The number of nitrogens with zero attached hydrogens (tertiary/aromatic N) is 2. The molecule has 1 aliphatic rings. The molecular formula is C10H18N4O2S. The first kappa shape index (κ1) is 12.5. The van der Waals surface area contributed by atoms with Crippen molar-refractivity contribution in [3.05, 3.63) is 12.0 Å². The van der Waals surface area contributed by atoms with Gasteiger partial charge in [0, 0.05) is 24.8 Å². The van der Waals surface area contributed by atoms with Crippen LogP contribution < -0.4 is 10.5 Å². The number of aromatic nitrogens is 2. The highest BCUT2D eigenvalue weighted by atomic mass is 32.2. The minimum absolute atomic E-state index is 0.0802. The van der Waals surface area contributed by atoms with E-state index in [-0.39, 0.29) is 5.03 Å². The van der Waals surface area contributed by atoms with Crippen LogP contribution in [0.4, 0.5) is 0 Å². The summed E-state index contributed by atoms with van der Waals surface area (Å²) in [4.78, 5) is 4.07. The van der Waals surface area contributed by atoms with Crippen molar-refractivity contribution < 1.29 is 8.42 Å². The van der Waals surface area contributed by atoms with Gasteiger partial charge in [-0.15, -0.1) is 0 Å². The maximum atomic E-state index is 12.1. The molecule has 1 aromatic rings. The number of nitrogens with one attached hydrogen (secondary N) is 1. The third-order valence-electron chi connectivity index (χ3n) is 3.17. The van der Waals surface area contributed by atoms with Crippen LogP contribution in [-0.4, -0.2) is 30.1 Å². The van der Waals surface area contributed by atoms with Crippen LogP contribution in [0, 0.1) is 6.92 Å². The molecule has 0 amide bonds. The van der Waals surface area contributed by atoms with Crippen molar-refractivity contribution in [1.82, 2.24) is 14.3 Å². The van der Waals surface area contributed by atoms with E-state index in [1.54, 1.807) is 17.7 Å². The van der Waals surface area contributed by atoms with Gasteiger partial charge in [0.15, 0.2) is 5.03 Å². The number of aryl methyl sites for hydroxylation is 2. The molecule has 1 aliphatic carbocycles. The molecule has 2 rings (SSSR count). The predicted molar refractivity (Wildman–Crippen MR) is 64.0 cm³/mol. The van der Waals surface area contributed by atoms with Gasteiger partial charge in [0.25, 0.3) is 10.0 Å².